The molecule has 0 radical (unpaired) electrons. The second kappa shape index (κ2) is 10.5. The number of nitrogens with zero attached hydrogens (tertiary/aromatic N) is 1. The lowest BCUT2D eigenvalue weighted by molar-refractivity contribution is -0.117. The lowest BCUT2D eigenvalue weighted by Gasteiger charge is -2.28. The summed E-state index contributed by atoms with van der Waals surface area (Å²) in [7, 11) is 1.41. The van der Waals surface area contributed by atoms with Crippen LogP contribution in [-0.4, -0.2) is 81.0 Å². The molecule has 34 heavy (non-hydrogen) atoms. The maximum Gasteiger partial charge on any atom is 0.253 e. The number of fused-ring (bicyclic) bond motifs is 1. The van der Waals surface area contributed by atoms with Gasteiger partial charge in [-0.05, 0) is 43.2 Å². The van der Waals surface area contributed by atoms with Crippen LogP contribution in [0.2, 0.25) is 0 Å². The van der Waals surface area contributed by atoms with Gasteiger partial charge in [0, 0.05) is 30.8 Å². The SMILES string of the molecule is Cc1cc(C)c2oc(-c3ccc(C(=O)N(C)CC(O)C(O)C(O)C(O)CO)cc3)cc(=O)c2c1. The Hall–Kier alpha value is -3.08. The van der Waals surface area contributed by atoms with Crippen molar-refractivity contribution in [2.24, 2.45) is 0 Å². The Bertz CT molecular complexity index is 1220. The summed E-state index contributed by atoms with van der Waals surface area (Å²) in [6.07, 6.45) is -6.71. The lowest BCUT2D eigenvalue weighted by atomic mass is 10.0. The third kappa shape index (κ3) is 5.35. The van der Waals surface area contributed by atoms with Crippen molar-refractivity contribution in [1.82, 2.24) is 4.90 Å². The zero-order valence-electron chi connectivity index (χ0n) is 19.2. The molecule has 0 spiro atoms. The fraction of sp³-hybridized carbons (Fsp3) is 0.360. The van der Waals surface area contributed by atoms with Crippen LogP contribution in [0.15, 0.2) is 51.7 Å². The van der Waals surface area contributed by atoms with Crippen molar-refractivity contribution < 1.29 is 34.7 Å². The lowest BCUT2D eigenvalue weighted by Crippen LogP contribution is -2.49. The summed E-state index contributed by atoms with van der Waals surface area (Å²) < 4.78 is 5.97. The van der Waals surface area contributed by atoms with Crippen molar-refractivity contribution in [3.8, 4) is 11.3 Å². The second-order valence-corrected chi connectivity index (χ2v) is 8.49. The van der Waals surface area contributed by atoms with Crippen LogP contribution < -0.4 is 5.43 Å². The molecule has 1 amide bonds. The fourth-order valence-electron chi connectivity index (χ4n) is 3.78. The van der Waals surface area contributed by atoms with Gasteiger partial charge in [0.15, 0.2) is 5.43 Å². The number of amides is 1. The number of aliphatic hydroxyl groups is 5. The first kappa shape index (κ1) is 25.5. The second-order valence-electron chi connectivity index (χ2n) is 8.49. The normalized spacial score (nSPS) is 15.1. The number of hydrogen-bond acceptors (Lipinski definition) is 8. The molecule has 0 aliphatic heterocycles. The van der Waals surface area contributed by atoms with Crippen molar-refractivity contribution in [2.75, 3.05) is 20.2 Å². The molecule has 1 aromatic heterocycles. The summed E-state index contributed by atoms with van der Waals surface area (Å²) in [4.78, 5) is 26.5. The van der Waals surface area contributed by atoms with Gasteiger partial charge in [0.25, 0.3) is 5.91 Å². The monoisotopic (exact) mass is 471 g/mol. The Morgan fingerprint density at radius 2 is 1.59 bits per heavy atom. The number of benzene rings is 2. The van der Waals surface area contributed by atoms with Crippen LogP contribution in [0.1, 0.15) is 21.5 Å². The molecule has 0 bridgehead atoms. The molecule has 4 unspecified atom stereocenters. The van der Waals surface area contributed by atoms with E-state index in [0.717, 1.165) is 16.0 Å². The highest BCUT2D eigenvalue weighted by molar-refractivity contribution is 5.94. The number of likely N-dealkylation sites (N-methyl/N-ethyl adjacent to an activating group) is 1. The van der Waals surface area contributed by atoms with E-state index in [9.17, 15) is 30.0 Å². The predicted octanol–water partition coefficient (Wildman–Crippen LogP) is 0.585. The molecule has 2 aromatic carbocycles. The van der Waals surface area contributed by atoms with Crippen molar-refractivity contribution in [3.05, 3.63) is 69.4 Å². The first-order valence-corrected chi connectivity index (χ1v) is 10.8. The highest BCUT2D eigenvalue weighted by Crippen LogP contribution is 2.25. The fourth-order valence-corrected chi connectivity index (χ4v) is 3.78. The van der Waals surface area contributed by atoms with Crippen molar-refractivity contribution >= 4 is 16.9 Å². The molecule has 0 saturated heterocycles. The van der Waals surface area contributed by atoms with E-state index in [1.807, 2.05) is 19.9 Å². The standard InChI is InChI=1S/C25H29NO8/c1-13-8-14(2)24-17(9-13)18(28)10-21(34-24)15-4-6-16(7-5-15)25(33)26(3)11-19(29)22(31)23(32)20(30)12-27/h4-10,19-20,22-23,27,29-32H,11-12H2,1-3H3. The van der Waals surface area contributed by atoms with Gasteiger partial charge in [0.1, 0.15) is 35.8 Å². The molecular weight excluding hydrogens is 442 g/mol. The maximum atomic E-state index is 12.7. The largest absolute Gasteiger partial charge is 0.456 e. The summed E-state index contributed by atoms with van der Waals surface area (Å²) in [5.41, 5.74) is 3.06. The minimum absolute atomic E-state index is 0.163. The Morgan fingerprint density at radius 1 is 0.971 bits per heavy atom. The molecule has 182 valence electrons. The third-order valence-corrected chi connectivity index (χ3v) is 5.71. The van der Waals surface area contributed by atoms with E-state index in [2.05, 4.69) is 0 Å². The Balaban J connectivity index is 1.76. The molecule has 3 rings (SSSR count). The molecule has 0 aliphatic carbocycles. The van der Waals surface area contributed by atoms with Crippen LogP contribution >= 0.6 is 0 Å². The van der Waals surface area contributed by atoms with E-state index < -0.39 is 36.9 Å². The first-order chi connectivity index (χ1) is 16.0. The molecular formula is C25H29NO8. The van der Waals surface area contributed by atoms with Gasteiger partial charge in [-0.15, -0.1) is 0 Å². The van der Waals surface area contributed by atoms with Gasteiger partial charge >= 0.3 is 0 Å². The van der Waals surface area contributed by atoms with Crippen LogP contribution in [0.3, 0.4) is 0 Å². The number of aryl methyl sites for hydroxylation is 2. The molecule has 3 aromatic rings. The number of rotatable bonds is 8. The molecule has 5 N–H and O–H groups in total. The number of aliphatic hydroxyl groups excluding tert-OH is 5. The van der Waals surface area contributed by atoms with E-state index in [1.165, 1.54) is 13.1 Å². The van der Waals surface area contributed by atoms with Crippen LogP contribution in [0.5, 0.6) is 0 Å². The summed E-state index contributed by atoms with van der Waals surface area (Å²) in [6, 6.07) is 11.5. The minimum Gasteiger partial charge on any atom is -0.456 e. The molecule has 9 heteroatoms. The van der Waals surface area contributed by atoms with Crippen LogP contribution in [0.25, 0.3) is 22.3 Å². The number of carbonyl (C=O) groups is 1. The van der Waals surface area contributed by atoms with E-state index in [0.29, 0.717) is 27.9 Å². The number of carbonyl (C=O) groups excluding carboxylic acids is 1. The Morgan fingerprint density at radius 3 is 2.21 bits per heavy atom. The van der Waals surface area contributed by atoms with Gasteiger partial charge in [-0.2, -0.15) is 0 Å². The number of hydrogen-bond donors (Lipinski definition) is 5. The minimum atomic E-state index is -1.77. The predicted molar refractivity (Wildman–Crippen MR) is 125 cm³/mol. The van der Waals surface area contributed by atoms with Crippen molar-refractivity contribution in [1.29, 1.82) is 0 Å². The maximum absolute atomic E-state index is 12.7. The Kier molecular flexibility index (Phi) is 7.86. The summed E-state index contributed by atoms with van der Waals surface area (Å²) in [5.74, 6) is -0.0898. The molecule has 1 heterocycles. The van der Waals surface area contributed by atoms with Gasteiger partial charge in [0.2, 0.25) is 0 Å². The van der Waals surface area contributed by atoms with Crippen molar-refractivity contribution in [2.45, 2.75) is 38.3 Å². The molecule has 0 aliphatic rings. The average Bonchev–Trinajstić information content (AvgIpc) is 2.82. The topological polar surface area (TPSA) is 152 Å². The van der Waals surface area contributed by atoms with Crippen LogP contribution in [-0.2, 0) is 0 Å². The zero-order chi connectivity index (χ0) is 25.2. The van der Waals surface area contributed by atoms with Gasteiger partial charge < -0.3 is 34.8 Å². The molecule has 9 nitrogen and oxygen atoms in total. The van der Waals surface area contributed by atoms with Crippen molar-refractivity contribution in [3.63, 3.8) is 0 Å². The van der Waals surface area contributed by atoms with Gasteiger partial charge in [-0.1, -0.05) is 18.2 Å². The quantitative estimate of drug-likeness (QED) is 0.320. The molecule has 0 fully saturated rings. The average molecular weight is 472 g/mol. The Labute approximate surface area is 196 Å². The van der Waals surface area contributed by atoms with Gasteiger partial charge in [0.05, 0.1) is 12.0 Å². The smallest absolute Gasteiger partial charge is 0.253 e. The van der Waals surface area contributed by atoms with Crippen LogP contribution in [0, 0.1) is 13.8 Å². The molecule has 0 saturated carbocycles. The zero-order valence-corrected chi connectivity index (χ0v) is 19.2. The van der Waals surface area contributed by atoms with E-state index in [1.54, 1.807) is 30.3 Å². The summed E-state index contributed by atoms with van der Waals surface area (Å²) in [5, 5.41) is 48.5. The first-order valence-electron chi connectivity index (χ1n) is 10.8. The highest BCUT2D eigenvalue weighted by Gasteiger charge is 2.31. The van der Waals surface area contributed by atoms with E-state index in [-0.39, 0.29) is 12.0 Å². The summed E-state index contributed by atoms with van der Waals surface area (Å²) in [6.45, 7) is 2.67. The van der Waals surface area contributed by atoms with Crippen LogP contribution in [0.4, 0.5) is 0 Å². The third-order valence-electron chi connectivity index (χ3n) is 5.71. The highest BCUT2D eigenvalue weighted by atomic mass is 16.4. The summed E-state index contributed by atoms with van der Waals surface area (Å²) >= 11 is 0. The van der Waals surface area contributed by atoms with Gasteiger partial charge in [-0.3, -0.25) is 9.59 Å². The van der Waals surface area contributed by atoms with E-state index in [4.69, 9.17) is 9.52 Å². The molecule has 4 atom stereocenters. The van der Waals surface area contributed by atoms with E-state index >= 15 is 0 Å². The van der Waals surface area contributed by atoms with Gasteiger partial charge in [-0.25, -0.2) is 0 Å².